The molecule has 0 bridgehead atoms. The maximum atomic E-state index is 10.7. The third-order valence-corrected chi connectivity index (χ3v) is 3.25. The van der Waals surface area contributed by atoms with E-state index < -0.39 is 5.97 Å². The summed E-state index contributed by atoms with van der Waals surface area (Å²) in [6.07, 6.45) is 1.26. The molecule has 1 aromatic rings. The highest BCUT2D eigenvalue weighted by Crippen LogP contribution is 2.08. The molecule has 0 fully saturated rings. The molecule has 0 aliphatic carbocycles. The fourth-order valence-electron chi connectivity index (χ4n) is 2.09. The Balaban J connectivity index is 2.51. The Morgan fingerprint density at radius 3 is 2.30 bits per heavy atom. The molecule has 1 aromatic carbocycles. The summed E-state index contributed by atoms with van der Waals surface area (Å²) in [6.45, 7) is 5.46. The molecule has 0 aliphatic rings. The molecule has 1 rings (SSSR count). The van der Waals surface area contributed by atoms with Crippen LogP contribution in [0.3, 0.4) is 0 Å². The molecule has 0 saturated carbocycles. The zero-order valence-electron chi connectivity index (χ0n) is 12.8. The number of aliphatic carboxylic acids is 1. The van der Waals surface area contributed by atoms with E-state index in [0.717, 1.165) is 26.1 Å². The van der Waals surface area contributed by atoms with Crippen LogP contribution in [0.15, 0.2) is 24.3 Å². The Hall–Kier alpha value is -1.39. The molecule has 0 heterocycles. The van der Waals surface area contributed by atoms with Gasteiger partial charge in [0.2, 0.25) is 0 Å². The van der Waals surface area contributed by atoms with Gasteiger partial charge in [0, 0.05) is 13.1 Å². The highest BCUT2D eigenvalue weighted by molar-refractivity contribution is 5.66. The van der Waals surface area contributed by atoms with Crippen molar-refractivity contribution in [3.05, 3.63) is 35.4 Å². The van der Waals surface area contributed by atoms with Crippen molar-refractivity contribution in [2.75, 3.05) is 33.7 Å². The number of hydrogen-bond acceptors (Lipinski definition) is 3. The van der Waals surface area contributed by atoms with Crippen molar-refractivity contribution < 1.29 is 9.90 Å². The first-order valence-corrected chi connectivity index (χ1v) is 7.12. The predicted octanol–water partition coefficient (Wildman–Crippen LogP) is 2.22. The molecule has 0 spiro atoms. The van der Waals surface area contributed by atoms with Gasteiger partial charge in [0.1, 0.15) is 0 Å². The van der Waals surface area contributed by atoms with E-state index in [1.165, 1.54) is 11.1 Å². The van der Waals surface area contributed by atoms with E-state index in [1.807, 2.05) is 0 Å². The van der Waals surface area contributed by atoms with Gasteiger partial charge in [0.05, 0.1) is 6.42 Å². The Labute approximate surface area is 122 Å². The van der Waals surface area contributed by atoms with Gasteiger partial charge in [-0.2, -0.15) is 0 Å². The number of benzene rings is 1. The van der Waals surface area contributed by atoms with Gasteiger partial charge in [-0.15, -0.1) is 0 Å². The number of rotatable bonds is 9. The number of nitrogens with zero attached hydrogens (tertiary/aromatic N) is 2. The van der Waals surface area contributed by atoms with Gasteiger partial charge in [-0.25, -0.2) is 0 Å². The number of hydrogen-bond donors (Lipinski definition) is 1. The number of carboxylic acids is 1. The maximum absolute atomic E-state index is 10.7. The van der Waals surface area contributed by atoms with Crippen molar-refractivity contribution in [2.45, 2.75) is 26.3 Å². The van der Waals surface area contributed by atoms with Crippen LogP contribution in [-0.2, 0) is 11.3 Å². The molecule has 4 nitrogen and oxygen atoms in total. The molecular weight excluding hydrogens is 252 g/mol. The zero-order chi connectivity index (χ0) is 15.0. The topological polar surface area (TPSA) is 43.8 Å². The summed E-state index contributed by atoms with van der Waals surface area (Å²) in [5, 5.41) is 8.84. The van der Waals surface area contributed by atoms with E-state index in [-0.39, 0.29) is 6.42 Å². The van der Waals surface area contributed by atoms with Gasteiger partial charge in [0.25, 0.3) is 0 Å². The van der Waals surface area contributed by atoms with Crippen LogP contribution >= 0.6 is 0 Å². The summed E-state index contributed by atoms with van der Waals surface area (Å²) in [7, 11) is 4.11. The molecule has 0 radical (unpaired) electrons. The molecule has 0 aliphatic heterocycles. The van der Waals surface area contributed by atoms with Crippen LogP contribution in [0.2, 0.25) is 0 Å². The van der Waals surface area contributed by atoms with Crippen molar-refractivity contribution in [1.82, 2.24) is 9.80 Å². The molecule has 0 amide bonds. The monoisotopic (exact) mass is 278 g/mol. The first-order valence-electron chi connectivity index (χ1n) is 7.12. The Bertz CT molecular complexity index is 401. The van der Waals surface area contributed by atoms with Crippen molar-refractivity contribution in [1.29, 1.82) is 0 Å². The van der Waals surface area contributed by atoms with E-state index in [4.69, 9.17) is 5.11 Å². The summed E-state index contributed by atoms with van der Waals surface area (Å²) in [5.74, 6) is -0.730. The molecule has 4 heteroatoms. The molecular formula is C16H26N2O2. The molecule has 20 heavy (non-hydrogen) atoms. The first kappa shape index (κ1) is 16.7. The third-order valence-electron chi connectivity index (χ3n) is 3.25. The zero-order valence-corrected chi connectivity index (χ0v) is 12.8. The third kappa shape index (κ3) is 7.26. The first-order chi connectivity index (χ1) is 9.47. The molecule has 0 aromatic heterocycles. The van der Waals surface area contributed by atoms with E-state index in [1.54, 1.807) is 0 Å². The average molecular weight is 278 g/mol. The fraction of sp³-hybridized carbons (Fsp3) is 0.562. The molecule has 0 saturated heterocycles. The Morgan fingerprint density at radius 2 is 1.75 bits per heavy atom. The number of carboxylic acid groups (broad SMARTS) is 1. The lowest BCUT2D eigenvalue weighted by molar-refractivity contribution is -0.137. The van der Waals surface area contributed by atoms with Gasteiger partial charge >= 0.3 is 5.97 Å². The molecule has 0 atom stereocenters. The van der Waals surface area contributed by atoms with Crippen LogP contribution < -0.4 is 0 Å². The van der Waals surface area contributed by atoms with Gasteiger partial charge in [-0.1, -0.05) is 29.8 Å². The smallest absolute Gasteiger partial charge is 0.304 e. The second kappa shape index (κ2) is 8.72. The van der Waals surface area contributed by atoms with Gasteiger partial charge in [-0.3, -0.25) is 9.69 Å². The minimum atomic E-state index is -0.730. The van der Waals surface area contributed by atoms with Gasteiger partial charge < -0.3 is 10.0 Å². The van der Waals surface area contributed by atoms with Crippen LogP contribution in [0.5, 0.6) is 0 Å². The number of aryl methyl sites for hydroxylation is 1. The van der Waals surface area contributed by atoms with E-state index in [0.29, 0.717) is 6.54 Å². The Kier molecular flexibility index (Phi) is 7.26. The van der Waals surface area contributed by atoms with Crippen molar-refractivity contribution in [3.63, 3.8) is 0 Å². The summed E-state index contributed by atoms with van der Waals surface area (Å²) in [6, 6.07) is 8.44. The minimum Gasteiger partial charge on any atom is -0.481 e. The summed E-state index contributed by atoms with van der Waals surface area (Å²) in [4.78, 5) is 15.1. The van der Waals surface area contributed by atoms with E-state index >= 15 is 0 Å². The van der Waals surface area contributed by atoms with Crippen LogP contribution in [0.4, 0.5) is 0 Å². The lowest BCUT2D eigenvalue weighted by Crippen LogP contribution is -2.29. The summed E-state index contributed by atoms with van der Waals surface area (Å²) >= 11 is 0. The largest absolute Gasteiger partial charge is 0.481 e. The molecule has 112 valence electrons. The molecule has 1 N–H and O–H groups in total. The van der Waals surface area contributed by atoms with Gasteiger partial charge in [-0.05, 0) is 46.1 Å². The van der Waals surface area contributed by atoms with E-state index in [2.05, 4.69) is 55.1 Å². The average Bonchev–Trinajstić information content (AvgIpc) is 2.37. The lowest BCUT2D eigenvalue weighted by atomic mass is 10.1. The summed E-state index contributed by atoms with van der Waals surface area (Å²) in [5.41, 5.74) is 2.49. The van der Waals surface area contributed by atoms with Crippen LogP contribution in [0.1, 0.15) is 24.0 Å². The number of carbonyl (C=O) groups is 1. The van der Waals surface area contributed by atoms with Crippen molar-refractivity contribution >= 4 is 5.97 Å². The van der Waals surface area contributed by atoms with Crippen LogP contribution in [0, 0.1) is 6.92 Å². The highest BCUT2D eigenvalue weighted by atomic mass is 16.4. The fourth-order valence-corrected chi connectivity index (χ4v) is 2.09. The highest BCUT2D eigenvalue weighted by Gasteiger charge is 2.08. The van der Waals surface area contributed by atoms with Crippen molar-refractivity contribution in [3.8, 4) is 0 Å². The maximum Gasteiger partial charge on any atom is 0.304 e. The normalized spacial score (nSPS) is 11.2. The second-order valence-corrected chi connectivity index (χ2v) is 5.56. The SMILES string of the molecule is Cc1ccc(CN(CCCN(C)C)CCC(=O)O)cc1. The minimum absolute atomic E-state index is 0.202. The van der Waals surface area contributed by atoms with Crippen molar-refractivity contribution in [2.24, 2.45) is 0 Å². The Morgan fingerprint density at radius 1 is 1.10 bits per heavy atom. The second-order valence-electron chi connectivity index (χ2n) is 5.56. The van der Waals surface area contributed by atoms with Gasteiger partial charge in [0.15, 0.2) is 0 Å². The quantitative estimate of drug-likeness (QED) is 0.752. The van der Waals surface area contributed by atoms with Crippen LogP contribution in [-0.4, -0.2) is 54.6 Å². The van der Waals surface area contributed by atoms with Crippen LogP contribution in [0.25, 0.3) is 0 Å². The summed E-state index contributed by atoms with van der Waals surface area (Å²) < 4.78 is 0. The molecule has 0 unspecified atom stereocenters. The standard InChI is InChI=1S/C16H26N2O2/c1-14-5-7-15(8-6-14)13-18(12-9-16(19)20)11-4-10-17(2)3/h5-8H,4,9-13H2,1-3H3,(H,19,20). The lowest BCUT2D eigenvalue weighted by Gasteiger charge is -2.22. The van der Waals surface area contributed by atoms with E-state index in [9.17, 15) is 4.79 Å². The predicted molar refractivity (Wildman–Crippen MR) is 81.9 cm³/mol.